The SMILES string of the molecule is C[Si](C)(C)C#CC1Oc2ccccc2C(=O)/C1=C(/O)c1ccccc1. The number of para-hydroxylation sites is 1. The fourth-order valence-corrected chi connectivity index (χ4v) is 3.14. The van der Waals surface area contributed by atoms with E-state index in [1.165, 1.54) is 0 Å². The molecule has 1 N–H and O–H groups in total. The number of carbonyl (C=O) groups excluding carboxylic acids is 1. The fourth-order valence-electron chi connectivity index (χ4n) is 2.57. The van der Waals surface area contributed by atoms with Crippen LogP contribution in [-0.2, 0) is 0 Å². The van der Waals surface area contributed by atoms with E-state index in [4.69, 9.17) is 4.74 Å². The molecule has 126 valence electrons. The molecule has 0 saturated heterocycles. The Morgan fingerprint density at radius 2 is 1.68 bits per heavy atom. The predicted molar refractivity (Wildman–Crippen MR) is 102 cm³/mol. The van der Waals surface area contributed by atoms with E-state index >= 15 is 0 Å². The van der Waals surface area contributed by atoms with E-state index in [1.54, 1.807) is 30.3 Å². The van der Waals surface area contributed by atoms with E-state index in [1.807, 2.05) is 24.3 Å². The zero-order valence-corrected chi connectivity index (χ0v) is 15.5. The van der Waals surface area contributed by atoms with Crippen LogP contribution in [0.5, 0.6) is 5.75 Å². The van der Waals surface area contributed by atoms with Crippen molar-refractivity contribution < 1.29 is 14.6 Å². The van der Waals surface area contributed by atoms with Gasteiger partial charge in [0.05, 0.1) is 11.1 Å². The second-order valence-electron chi connectivity index (χ2n) is 6.97. The van der Waals surface area contributed by atoms with Crippen molar-refractivity contribution in [1.29, 1.82) is 0 Å². The highest BCUT2D eigenvalue weighted by molar-refractivity contribution is 6.83. The van der Waals surface area contributed by atoms with Crippen molar-refractivity contribution >= 4 is 19.6 Å². The van der Waals surface area contributed by atoms with Gasteiger partial charge in [-0.3, -0.25) is 4.79 Å². The third-order valence-electron chi connectivity index (χ3n) is 3.76. The Morgan fingerprint density at radius 3 is 2.36 bits per heavy atom. The summed E-state index contributed by atoms with van der Waals surface area (Å²) in [6.45, 7) is 6.37. The Hall–Kier alpha value is -2.77. The van der Waals surface area contributed by atoms with Crippen molar-refractivity contribution in [3.63, 3.8) is 0 Å². The molecule has 0 radical (unpaired) electrons. The number of rotatable bonds is 1. The molecule has 0 aliphatic carbocycles. The highest BCUT2D eigenvalue weighted by atomic mass is 28.3. The second kappa shape index (κ2) is 6.62. The molecular weight excluding hydrogens is 328 g/mol. The smallest absolute Gasteiger partial charge is 0.201 e. The average Bonchev–Trinajstić information content (AvgIpc) is 2.60. The highest BCUT2D eigenvalue weighted by Gasteiger charge is 2.34. The van der Waals surface area contributed by atoms with Crippen LogP contribution in [0.3, 0.4) is 0 Å². The summed E-state index contributed by atoms with van der Waals surface area (Å²) in [5.41, 5.74) is 4.48. The van der Waals surface area contributed by atoms with Gasteiger partial charge in [-0.2, -0.15) is 0 Å². The lowest BCUT2D eigenvalue weighted by Crippen LogP contribution is -2.31. The molecule has 0 fully saturated rings. The zero-order valence-electron chi connectivity index (χ0n) is 14.5. The summed E-state index contributed by atoms with van der Waals surface area (Å²) in [5, 5.41) is 10.8. The quantitative estimate of drug-likeness (QED) is 0.358. The number of aliphatic hydroxyl groups excluding tert-OH is 1. The topological polar surface area (TPSA) is 46.5 Å². The van der Waals surface area contributed by atoms with E-state index in [0.29, 0.717) is 16.9 Å². The van der Waals surface area contributed by atoms with Crippen molar-refractivity contribution in [1.82, 2.24) is 0 Å². The summed E-state index contributed by atoms with van der Waals surface area (Å²) in [7, 11) is -1.66. The molecule has 25 heavy (non-hydrogen) atoms. The number of hydrogen-bond acceptors (Lipinski definition) is 3. The third kappa shape index (κ3) is 3.67. The average molecular weight is 348 g/mol. The molecular formula is C21H20O3Si. The number of ketones is 1. The van der Waals surface area contributed by atoms with Crippen molar-refractivity contribution in [2.24, 2.45) is 0 Å². The second-order valence-corrected chi connectivity index (χ2v) is 11.7. The molecule has 3 nitrogen and oxygen atoms in total. The van der Waals surface area contributed by atoms with Gasteiger partial charge in [-0.25, -0.2) is 0 Å². The molecule has 4 heteroatoms. The van der Waals surface area contributed by atoms with Crippen LogP contribution in [0.4, 0.5) is 0 Å². The lowest BCUT2D eigenvalue weighted by molar-refractivity contribution is 0.0981. The summed E-state index contributed by atoms with van der Waals surface area (Å²) in [6, 6.07) is 16.1. The molecule has 3 rings (SSSR count). The van der Waals surface area contributed by atoms with Gasteiger partial charge in [0.15, 0.2) is 6.10 Å². The number of hydrogen-bond donors (Lipinski definition) is 1. The zero-order chi connectivity index (χ0) is 18.0. The largest absolute Gasteiger partial charge is 0.507 e. The monoisotopic (exact) mass is 348 g/mol. The van der Waals surface area contributed by atoms with Gasteiger partial charge in [-0.05, 0) is 12.1 Å². The number of carbonyl (C=O) groups is 1. The molecule has 0 amide bonds. The Balaban J connectivity index is 2.17. The lowest BCUT2D eigenvalue weighted by atomic mass is 9.92. The minimum atomic E-state index is -1.66. The molecule has 0 saturated carbocycles. The van der Waals surface area contributed by atoms with Crippen LogP contribution in [0.2, 0.25) is 19.6 Å². The van der Waals surface area contributed by atoms with Crippen molar-refractivity contribution in [3.05, 3.63) is 71.3 Å². The van der Waals surface area contributed by atoms with Crippen LogP contribution in [0.15, 0.2) is 60.2 Å². The molecule has 0 spiro atoms. The van der Waals surface area contributed by atoms with Crippen molar-refractivity contribution in [2.75, 3.05) is 0 Å². The van der Waals surface area contributed by atoms with Gasteiger partial charge in [-0.1, -0.05) is 68.0 Å². The molecule has 1 aliphatic rings. The van der Waals surface area contributed by atoms with Crippen LogP contribution in [0, 0.1) is 11.5 Å². The van der Waals surface area contributed by atoms with Crippen LogP contribution in [0.1, 0.15) is 15.9 Å². The number of fused-ring (bicyclic) bond motifs is 1. The first kappa shape index (κ1) is 17.1. The summed E-state index contributed by atoms with van der Waals surface area (Å²) in [4.78, 5) is 13.0. The van der Waals surface area contributed by atoms with E-state index in [9.17, 15) is 9.90 Å². The van der Waals surface area contributed by atoms with Gasteiger partial charge in [-0.15, -0.1) is 5.54 Å². The van der Waals surface area contributed by atoms with Gasteiger partial charge in [0, 0.05) is 5.56 Å². The summed E-state index contributed by atoms with van der Waals surface area (Å²) in [5.74, 6) is 3.28. The van der Waals surface area contributed by atoms with E-state index < -0.39 is 14.2 Å². The summed E-state index contributed by atoms with van der Waals surface area (Å²) >= 11 is 0. The maximum Gasteiger partial charge on any atom is 0.201 e. The number of Topliss-reactive ketones (excluding diaryl/α,β-unsaturated/α-hetero) is 1. The van der Waals surface area contributed by atoms with Crippen LogP contribution < -0.4 is 4.74 Å². The first-order chi connectivity index (χ1) is 11.9. The maximum absolute atomic E-state index is 13.0. The van der Waals surface area contributed by atoms with Crippen LogP contribution in [-0.4, -0.2) is 25.1 Å². The fraction of sp³-hybridized carbons (Fsp3) is 0.190. The third-order valence-corrected chi connectivity index (χ3v) is 4.66. The molecule has 0 aromatic heterocycles. The Labute approximate surface area is 149 Å². The summed E-state index contributed by atoms with van der Waals surface area (Å²) in [6.07, 6.45) is -0.769. The Kier molecular flexibility index (Phi) is 4.52. The molecule has 1 atom stereocenters. The molecule has 1 heterocycles. The Morgan fingerprint density at radius 1 is 1.04 bits per heavy atom. The minimum absolute atomic E-state index is 0.0741. The van der Waals surface area contributed by atoms with Gasteiger partial charge < -0.3 is 9.84 Å². The minimum Gasteiger partial charge on any atom is -0.507 e. The predicted octanol–water partition coefficient (Wildman–Crippen LogP) is 4.48. The molecule has 1 aliphatic heterocycles. The first-order valence-electron chi connectivity index (χ1n) is 8.18. The van der Waals surface area contributed by atoms with Gasteiger partial charge >= 0.3 is 0 Å². The highest BCUT2D eigenvalue weighted by Crippen LogP contribution is 2.33. The van der Waals surface area contributed by atoms with E-state index in [2.05, 4.69) is 31.1 Å². The van der Waals surface area contributed by atoms with Crippen LogP contribution in [0.25, 0.3) is 5.76 Å². The number of ether oxygens (including phenoxy) is 1. The summed E-state index contributed by atoms with van der Waals surface area (Å²) < 4.78 is 5.96. The first-order valence-corrected chi connectivity index (χ1v) is 11.7. The Bertz CT molecular complexity index is 896. The van der Waals surface area contributed by atoms with Gasteiger partial charge in [0.2, 0.25) is 5.78 Å². The number of benzene rings is 2. The number of aliphatic hydroxyl groups is 1. The van der Waals surface area contributed by atoms with Crippen molar-refractivity contribution in [2.45, 2.75) is 25.7 Å². The van der Waals surface area contributed by atoms with Crippen LogP contribution >= 0.6 is 0 Å². The lowest BCUT2D eigenvalue weighted by Gasteiger charge is -2.25. The molecule has 1 unspecified atom stereocenters. The van der Waals surface area contributed by atoms with E-state index in [0.717, 1.165) is 0 Å². The van der Waals surface area contributed by atoms with Crippen molar-refractivity contribution in [3.8, 4) is 17.2 Å². The van der Waals surface area contributed by atoms with Gasteiger partial charge in [0.25, 0.3) is 0 Å². The maximum atomic E-state index is 13.0. The standard InChI is InChI=1S/C21H20O3Si/c1-25(2,3)14-13-18-19(20(22)15-9-5-4-6-10-15)21(23)16-11-7-8-12-17(16)24-18/h4-12,18,22H,1-3H3/b20-19+. The molecule has 2 aromatic rings. The normalized spacial score (nSPS) is 18.5. The molecule has 0 bridgehead atoms. The van der Waals surface area contributed by atoms with E-state index in [-0.39, 0.29) is 17.1 Å². The molecule has 2 aromatic carbocycles. The van der Waals surface area contributed by atoms with Gasteiger partial charge in [0.1, 0.15) is 19.6 Å².